The standard InChI is InChI=1S/C15H11Cl2NO2/c16-10-6-11-13(18-19)8-14(9-4-2-1-3-5-9)20-15(11)12(17)7-10/h1-7,14,19H,8H2/b18-13-/t14-/m0/s1. The van der Waals surface area contributed by atoms with E-state index in [9.17, 15) is 5.21 Å². The number of benzene rings is 2. The first-order valence-electron chi connectivity index (χ1n) is 6.11. The first-order valence-corrected chi connectivity index (χ1v) is 6.86. The van der Waals surface area contributed by atoms with Gasteiger partial charge >= 0.3 is 0 Å². The highest BCUT2D eigenvalue weighted by Crippen LogP contribution is 2.41. The fraction of sp³-hybridized carbons (Fsp3) is 0.133. The molecule has 0 radical (unpaired) electrons. The summed E-state index contributed by atoms with van der Waals surface area (Å²) < 4.78 is 5.95. The van der Waals surface area contributed by atoms with Crippen molar-refractivity contribution in [3.05, 3.63) is 63.6 Å². The number of rotatable bonds is 1. The molecule has 0 amide bonds. The second-order valence-electron chi connectivity index (χ2n) is 4.53. The highest BCUT2D eigenvalue weighted by Gasteiger charge is 2.28. The van der Waals surface area contributed by atoms with Gasteiger partial charge in [0.25, 0.3) is 0 Å². The molecule has 0 saturated heterocycles. The van der Waals surface area contributed by atoms with Crippen LogP contribution >= 0.6 is 23.2 Å². The van der Waals surface area contributed by atoms with Gasteiger partial charge in [-0.1, -0.05) is 58.7 Å². The average molecular weight is 308 g/mol. The quantitative estimate of drug-likeness (QED) is 0.613. The molecule has 3 nitrogen and oxygen atoms in total. The van der Waals surface area contributed by atoms with Crippen molar-refractivity contribution in [1.29, 1.82) is 0 Å². The molecule has 0 unspecified atom stereocenters. The minimum atomic E-state index is -0.228. The summed E-state index contributed by atoms with van der Waals surface area (Å²) in [5.74, 6) is 0.504. The third-order valence-electron chi connectivity index (χ3n) is 3.25. The summed E-state index contributed by atoms with van der Waals surface area (Å²) in [6.45, 7) is 0. The van der Waals surface area contributed by atoms with Gasteiger partial charge in [-0.05, 0) is 17.7 Å². The summed E-state index contributed by atoms with van der Waals surface area (Å²) >= 11 is 12.2. The Labute approximate surface area is 126 Å². The number of hydrogen-bond acceptors (Lipinski definition) is 3. The van der Waals surface area contributed by atoms with E-state index >= 15 is 0 Å². The van der Waals surface area contributed by atoms with E-state index in [-0.39, 0.29) is 6.10 Å². The maximum atomic E-state index is 9.23. The molecule has 1 aliphatic rings. The molecular weight excluding hydrogens is 297 g/mol. The van der Waals surface area contributed by atoms with Crippen LogP contribution in [0.2, 0.25) is 10.0 Å². The number of ether oxygens (including phenoxy) is 1. The minimum absolute atomic E-state index is 0.228. The predicted molar refractivity (Wildman–Crippen MR) is 79.2 cm³/mol. The van der Waals surface area contributed by atoms with Crippen LogP contribution in [0, 0.1) is 0 Å². The van der Waals surface area contributed by atoms with Crippen molar-refractivity contribution in [3.63, 3.8) is 0 Å². The van der Waals surface area contributed by atoms with Crippen LogP contribution in [0.5, 0.6) is 5.75 Å². The largest absolute Gasteiger partial charge is 0.483 e. The van der Waals surface area contributed by atoms with Gasteiger partial charge in [0.15, 0.2) is 0 Å². The Hall–Kier alpha value is -1.71. The molecule has 2 aromatic rings. The molecule has 2 aromatic carbocycles. The van der Waals surface area contributed by atoms with Crippen LogP contribution in [0.4, 0.5) is 0 Å². The van der Waals surface area contributed by atoms with Crippen molar-refractivity contribution in [2.45, 2.75) is 12.5 Å². The van der Waals surface area contributed by atoms with E-state index < -0.39 is 0 Å². The third kappa shape index (κ3) is 2.35. The van der Waals surface area contributed by atoms with Crippen LogP contribution in [0.3, 0.4) is 0 Å². The lowest BCUT2D eigenvalue weighted by Gasteiger charge is -2.27. The summed E-state index contributed by atoms with van der Waals surface area (Å²) in [7, 11) is 0. The number of halogens is 2. The van der Waals surface area contributed by atoms with Crippen LogP contribution in [-0.4, -0.2) is 10.9 Å². The van der Waals surface area contributed by atoms with Gasteiger partial charge in [-0.2, -0.15) is 0 Å². The molecule has 0 spiro atoms. The first kappa shape index (κ1) is 13.3. The Morgan fingerprint density at radius 2 is 1.90 bits per heavy atom. The van der Waals surface area contributed by atoms with Gasteiger partial charge in [-0.25, -0.2) is 0 Å². The molecule has 0 bridgehead atoms. The van der Waals surface area contributed by atoms with Crippen molar-refractivity contribution in [2.75, 3.05) is 0 Å². The maximum Gasteiger partial charge on any atom is 0.148 e. The summed E-state index contributed by atoms with van der Waals surface area (Å²) in [4.78, 5) is 0. The number of nitrogens with zero attached hydrogens (tertiary/aromatic N) is 1. The summed E-state index contributed by atoms with van der Waals surface area (Å²) in [6, 6.07) is 13.1. The van der Waals surface area contributed by atoms with Crippen LogP contribution in [0.15, 0.2) is 47.6 Å². The van der Waals surface area contributed by atoms with Crippen LogP contribution in [0.1, 0.15) is 23.7 Å². The Balaban J connectivity index is 2.07. The van der Waals surface area contributed by atoms with Crippen molar-refractivity contribution >= 4 is 28.9 Å². The summed E-state index contributed by atoms with van der Waals surface area (Å²) in [6.07, 6.45) is 0.234. The lowest BCUT2D eigenvalue weighted by Crippen LogP contribution is -2.21. The number of hydrogen-bond donors (Lipinski definition) is 1. The topological polar surface area (TPSA) is 41.8 Å². The molecule has 3 rings (SSSR count). The molecule has 1 heterocycles. The van der Waals surface area contributed by atoms with Crippen molar-refractivity contribution in [3.8, 4) is 5.75 Å². The van der Waals surface area contributed by atoms with Crippen molar-refractivity contribution in [2.24, 2.45) is 5.16 Å². The van der Waals surface area contributed by atoms with E-state index in [0.717, 1.165) is 5.56 Å². The highest BCUT2D eigenvalue weighted by atomic mass is 35.5. The molecule has 0 aromatic heterocycles. The highest BCUT2D eigenvalue weighted by molar-refractivity contribution is 6.36. The summed E-state index contributed by atoms with van der Waals surface area (Å²) in [5.41, 5.74) is 2.16. The zero-order valence-electron chi connectivity index (χ0n) is 10.4. The molecule has 0 saturated carbocycles. The maximum absolute atomic E-state index is 9.23. The average Bonchev–Trinajstić information content (AvgIpc) is 2.47. The van der Waals surface area contributed by atoms with E-state index in [0.29, 0.717) is 33.5 Å². The van der Waals surface area contributed by atoms with E-state index in [2.05, 4.69) is 5.16 Å². The van der Waals surface area contributed by atoms with E-state index in [1.165, 1.54) is 0 Å². The Bertz CT molecular complexity index is 671. The lowest BCUT2D eigenvalue weighted by molar-refractivity contribution is 0.203. The molecule has 1 aliphatic heterocycles. The zero-order chi connectivity index (χ0) is 14.1. The Morgan fingerprint density at radius 3 is 2.60 bits per heavy atom. The second kappa shape index (κ2) is 5.35. The van der Waals surface area contributed by atoms with Gasteiger partial charge in [0, 0.05) is 17.0 Å². The predicted octanol–water partition coefficient (Wildman–Crippen LogP) is 4.70. The van der Waals surface area contributed by atoms with Gasteiger partial charge < -0.3 is 9.94 Å². The van der Waals surface area contributed by atoms with Gasteiger partial charge in [0.2, 0.25) is 0 Å². The van der Waals surface area contributed by atoms with Crippen LogP contribution < -0.4 is 4.74 Å². The molecule has 0 aliphatic carbocycles. The van der Waals surface area contributed by atoms with Crippen LogP contribution in [0.25, 0.3) is 0 Å². The number of oxime groups is 1. The molecule has 0 fully saturated rings. The smallest absolute Gasteiger partial charge is 0.148 e. The number of fused-ring (bicyclic) bond motifs is 1. The van der Waals surface area contributed by atoms with Gasteiger partial charge in [0.1, 0.15) is 11.9 Å². The normalized spacial score (nSPS) is 19.5. The summed E-state index contributed by atoms with van der Waals surface area (Å²) in [5, 5.41) is 13.5. The molecule has 20 heavy (non-hydrogen) atoms. The molecule has 1 atom stereocenters. The Kier molecular flexibility index (Phi) is 3.55. The van der Waals surface area contributed by atoms with Crippen molar-refractivity contribution in [1.82, 2.24) is 0 Å². The first-order chi connectivity index (χ1) is 9.69. The second-order valence-corrected chi connectivity index (χ2v) is 5.38. The molecule has 5 heteroatoms. The SMILES string of the molecule is O/N=C1/C[C@@H](c2ccccc2)Oc2c(Cl)cc(Cl)cc21. The monoisotopic (exact) mass is 307 g/mol. The molecule has 1 N–H and O–H groups in total. The lowest BCUT2D eigenvalue weighted by atomic mass is 9.95. The molecule has 102 valence electrons. The fourth-order valence-electron chi connectivity index (χ4n) is 2.31. The van der Waals surface area contributed by atoms with E-state index in [1.54, 1.807) is 12.1 Å². The van der Waals surface area contributed by atoms with Gasteiger partial charge in [-0.15, -0.1) is 0 Å². The fourth-order valence-corrected chi connectivity index (χ4v) is 2.85. The van der Waals surface area contributed by atoms with Gasteiger partial charge in [-0.3, -0.25) is 0 Å². The Morgan fingerprint density at radius 1 is 1.15 bits per heavy atom. The minimum Gasteiger partial charge on any atom is -0.483 e. The third-order valence-corrected chi connectivity index (χ3v) is 3.75. The molecular formula is C15H11Cl2NO2. The van der Waals surface area contributed by atoms with E-state index in [4.69, 9.17) is 27.9 Å². The van der Waals surface area contributed by atoms with Crippen molar-refractivity contribution < 1.29 is 9.94 Å². The van der Waals surface area contributed by atoms with Gasteiger partial charge in [0.05, 0.1) is 10.7 Å². The zero-order valence-corrected chi connectivity index (χ0v) is 11.9. The van der Waals surface area contributed by atoms with Crippen LogP contribution in [-0.2, 0) is 0 Å². The van der Waals surface area contributed by atoms with E-state index in [1.807, 2.05) is 30.3 Å².